The zero-order valence-corrected chi connectivity index (χ0v) is 7.12. The second kappa shape index (κ2) is 3.91. The van der Waals surface area contributed by atoms with Crippen LogP contribution in [0.4, 0.5) is 0 Å². The minimum atomic E-state index is -0.580. The normalized spacial score (nSPS) is 11.8. The van der Waals surface area contributed by atoms with E-state index in [2.05, 4.69) is 12.3 Å². The third-order valence-electron chi connectivity index (χ3n) is 1.69. The summed E-state index contributed by atoms with van der Waals surface area (Å²) in [7, 11) is 0. The summed E-state index contributed by atoms with van der Waals surface area (Å²) < 4.78 is 0. The van der Waals surface area contributed by atoms with Gasteiger partial charge >= 0.3 is 0 Å². The van der Waals surface area contributed by atoms with E-state index in [1.54, 1.807) is 0 Å². The number of aryl methyl sites for hydroxylation is 1. The van der Waals surface area contributed by atoms with Crippen molar-refractivity contribution in [2.75, 3.05) is 0 Å². The molecule has 0 unspecified atom stereocenters. The van der Waals surface area contributed by atoms with Crippen LogP contribution in [0.5, 0.6) is 0 Å². The average molecular weight is 160 g/mol. The Bertz CT molecular complexity index is 291. The molecule has 1 heteroatoms. The lowest BCUT2D eigenvalue weighted by molar-refractivity contribution is 0.229. The fourth-order valence-corrected chi connectivity index (χ4v) is 0.971. The molecular formula is C11H12O. The number of rotatable bonds is 2. The quantitative estimate of drug-likeness (QED) is 0.658. The number of hydrogen-bond donors (Lipinski definition) is 1. The van der Waals surface area contributed by atoms with Gasteiger partial charge in [0.2, 0.25) is 0 Å². The summed E-state index contributed by atoms with van der Waals surface area (Å²) in [5.41, 5.74) is 4.62. The highest BCUT2D eigenvalue weighted by Crippen LogP contribution is 2.13. The van der Waals surface area contributed by atoms with Gasteiger partial charge in [0.25, 0.3) is 0 Å². The Labute approximate surface area is 72.7 Å². The maximum absolute atomic E-state index is 9.45. The molecule has 1 aromatic carbocycles. The third kappa shape index (κ3) is 2.09. The van der Waals surface area contributed by atoms with Crippen molar-refractivity contribution in [2.45, 2.75) is 13.0 Å². The number of aliphatic hydroxyl groups excluding tert-OH is 1. The molecule has 0 radical (unpaired) electrons. The molecule has 0 aromatic heterocycles. The summed E-state index contributed by atoms with van der Waals surface area (Å²) in [4.78, 5) is 0. The van der Waals surface area contributed by atoms with E-state index in [4.69, 9.17) is 0 Å². The van der Waals surface area contributed by atoms with Crippen LogP contribution in [0.25, 0.3) is 0 Å². The van der Waals surface area contributed by atoms with Crippen molar-refractivity contribution in [1.82, 2.24) is 0 Å². The van der Waals surface area contributed by atoms with E-state index in [-0.39, 0.29) is 0 Å². The van der Waals surface area contributed by atoms with E-state index in [9.17, 15) is 5.11 Å². The lowest BCUT2D eigenvalue weighted by atomic mass is 10.1. The minimum Gasteiger partial charge on any atom is -0.384 e. The molecule has 12 heavy (non-hydrogen) atoms. The summed E-state index contributed by atoms with van der Waals surface area (Å²) in [6, 6.07) is 7.73. The SMILES string of the molecule is C=C=C[C@H](O)c1ccc(C)cc1. The first-order chi connectivity index (χ1) is 5.74. The molecule has 0 bridgehead atoms. The lowest BCUT2D eigenvalue weighted by Crippen LogP contribution is -1.91. The van der Waals surface area contributed by atoms with Crippen molar-refractivity contribution in [2.24, 2.45) is 0 Å². The van der Waals surface area contributed by atoms with E-state index in [0.29, 0.717) is 0 Å². The van der Waals surface area contributed by atoms with Gasteiger partial charge < -0.3 is 5.11 Å². The van der Waals surface area contributed by atoms with Gasteiger partial charge in [-0.2, -0.15) is 0 Å². The fourth-order valence-electron chi connectivity index (χ4n) is 0.971. The van der Waals surface area contributed by atoms with Gasteiger partial charge in [0.1, 0.15) is 6.10 Å². The maximum atomic E-state index is 9.45. The molecule has 62 valence electrons. The van der Waals surface area contributed by atoms with Crippen LogP contribution in [0, 0.1) is 6.92 Å². The molecule has 0 fully saturated rings. The van der Waals surface area contributed by atoms with Crippen molar-refractivity contribution in [3.8, 4) is 0 Å². The second-order valence-electron chi connectivity index (χ2n) is 2.73. The van der Waals surface area contributed by atoms with Crippen LogP contribution in [0.15, 0.2) is 42.7 Å². The first kappa shape index (κ1) is 8.79. The molecule has 1 atom stereocenters. The Kier molecular flexibility index (Phi) is 2.87. The van der Waals surface area contributed by atoms with Crippen molar-refractivity contribution in [1.29, 1.82) is 0 Å². The molecule has 0 heterocycles. The summed E-state index contributed by atoms with van der Waals surface area (Å²) in [6.45, 7) is 5.42. The molecule has 1 N–H and O–H groups in total. The third-order valence-corrected chi connectivity index (χ3v) is 1.69. The predicted molar refractivity (Wildman–Crippen MR) is 49.8 cm³/mol. The number of aliphatic hydroxyl groups is 1. The molecule has 0 spiro atoms. The molecule has 1 nitrogen and oxygen atoms in total. The zero-order valence-electron chi connectivity index (χ0n) is 7.12. The van der Waals surface area contributed by atoms with Gasteiger partial charge in [0.15, 0.2) is 0 Å². The highest BCUT2D eigenvalue weighted by molar-refractivity contribution is 5.25. The Morgan fingerprint density at radius 3 is 2.50 bits per heavy atom. The molecular weight excluding hydrogens is 148 g/mol. The largest absolute Gasteiger partial charge is 0.384 e. The van der Waals surface area contributed by atoms with Crippen LogP contribution in [0.1, 0.15) is 17.2 Å². The van der Waals surface area contributed by atoms with Crippen LogP contribution in [-0.4, -0.2) is 5.11 Å². The van der Waals surface area contributed by atoms with Crippen molar-refractivity contribution in [3.05, 3.63) is 53.8 Å². The van der Waals surface area contributed by atoms with Gasteiger partial charge in [-0.1, -0.05) is 36.4 Å². The Morgan fingerprint density at radius 2 is 2.00 bits per heavy atom. The summed E-state index contributed by atoms with van der Waals surface area (Å²) in [6.07, 6.45) is 0.952. The van der Waals surface area contributed by atoms with Gasteiger partial charge in [-0.3, -0.25) is 0 Å². The van der Waals surface area contributed by atoms with Gasteiger partial charge in [0.05, 0.1) is 0 Å². The standard InChI is InChI=1S/C11H12O/c1-3-4-11(12)10-7-5-9(2)6-8-10/h4-8,11-12H,1H2,2H3/t11-/m0/s1. The van der Waals surface area contributed by atoms with E-state index in [0.717, 1.165) is 5.56 Å². The summed E-state index contributed by atoms with van der Waals surface area (Å²) in [5.74, 6) is 0. The highest BCUT2D eigenvalue weighted by atomic mass is 16.3. The molecule has 0 aliphatic heterocycles. The van der Waals surface area contributed by atoms with Crippen LogP contribution >= 0.6 is 0 Å². The number of hydrogen-bond acceptors (Lipinski definition) is 1. The maximum Gasteiger partial charge on any atom is 0.104 e. The minimum absolute atomic E-state index is 0.580. The molecule has 0 aliphatic carbocycles. The van der Waals surface area contributed by atoms with E-state index in [1.807, 2.05) is 31.2 Å². The van der Waals surface area contributed by atoms with Crippen LogP contribution in [0.3, 0.4) is 0 Å². The van der Waals surface area contributed by atoms with Crippen molar-refractivity contribution >= 4 is 0 Å². The summed E-state index contributed by atoms with van der Waals surface area (Å²) in [5, 5.41) is 9.45. The van der Waals surface area contributed by atoms with Gasteiger partial charge in [-0.05, 0) is 18.6 Å². The molecule has 0 aliphatic rings. The Balaban J connectivity index is 2.89. The fraction of sp³-hybridized carbons (Fsp3) is 0.182. The molecule has 1 aromatic rings. The van der Waals surface area contributed by atoms with Gasteiger partial charge in [0, 0.05) is 0 Å². The molecule has 1 rings (SSSR count). The van der Waals surface area contributed by atoms with Crippen molar-refractivity contribution in [3.63, 3.8) is 0 Å². The van der Waals surface area contributed by atoms with Gasteiger partial charge in [-0.15, -0.1) is 5.73 Å². The van der Waals surface area contributed by atoms with E-state index < -0.39 is 6.10 Å². The molecule has 0 saturated heterocycles. The lowest BCUT2D eigenvalue weighted by Gasteiger charge is -2.04. The Morgan fingerprint density at radius 1 is 1.42 bits per heavy atom. The van der Waals surface area contributed by atoms with Crippen LogP contribution in [0.2, 0.25) is 0 Å². The van der Waals surface area contributed by atoms with E-state index in [1.165, 1.54) is 11.6 Å². The monoisotopic (exact) mass is 160 g/mol. The first-order valence-electron chi connectivity index (χ1n) is 3.84. The average Bonchev–Trinajstić information content (AvgIpc) is 2.06. The summed E-state index contributed by atoms with van der Waals surface area (Å²) >= 11 is 0. The topological polar surface area (TPSA) is 20.2 Å². The second-order valence-corrected chi connectivity index (χ2v) is 2.73. The highest BCUT2D eigenvalue weighted by Gasteiger charge is 2.00. The molecule has 0 amide bonds. The van der Waals surface area contributed by atoms with Crippen molar-refractivity contribution < 1.29 is 5.11 Å². The van der Waals surface area contributed by atoms with E-state index >= 15 is 0 Å². The predicted octanol–water partition coefficient (Wildman–Crippen LogP) is 2.37. The Hall–Kier alpha value is -1.30. The van der Waals surface area contributed by atoms with Crippen LogP contribution < -0.4 is 0 Å². The molecule has 0 saturated carbocycles. The smallest absolute Gasteiger partial charge is 0.104 e. The first-order valence-corrected chi connectivity index (χ1v) is 3.84. The zero-order chi connectivity index (χ0) is 8.97. The van der Waals surface area contributed by atoms with Crippen LogP contribution in [-0.2, 0) is 0 Å². The number of benzene rings is 1. The van der Waals surface area contributed by atoms with Gasteiger partial charge in [-0.25, -0.2) is 0 Å².